The zero-order chi connectivity index (χ0) is 15.5. The molecule has 1 N–H and O–H groups in total. The summed E-state index contributed by atoms with van der Waals surface area (Å²) in [6.07, 6.45) is 4.83. The van der Waals surface area contributed by atoms with E-state index in [9.17, 15) is 8.78 Å². The van der Waals surface area contributed by atoms with Crippen LogP contribution >= 0.6 is 11.8 Å². The molecule has 6 heteroatoms. The van der Waals surface area contributed by atoms with E-state index in [-0.39, 0.29) is 5.56 Å². The maximum atomic E-state index is 13.8. The Kier molecular flexibility index (Phi) is 4.76. The minimum Gasteiger partial charge on any atom is -0.258 e. The molecule has 0 amide bonds. The quantitative estimate of drug-likeness (QED) is 0.895. The van der Waals surface area contributed by atoms with E-state index in [1.807, 2.05) is 0 Å². The molecule has 0 spiro atoms. The monoisotopic (exact) mass is 323 g/mol. The summed E-state index contributed by atoms with van der Waals surface area (Å²) in [4.78, 5) is 4.74. The van der Waals surface area contributed by atoms with Gasteiger partial charge < -0.3 is 0 Å². The van der Waals surface area contributed by atoms with E-state index in [2.05, 4.69) is 17.5 Å². The Morgan fingerprint density at radius 1 is 1.27 bits per heavy atom. The molecule has 3 nitrogen and oxygen atoms in total. The maximum Gasteiger partial charge on any atom is 0.177 e. The van der Waals surface area contributed by atoms with Crippen LogP contribution in [0.25, 0.3) is 0 Å². The third-order valence-electron chi connectivity index (χ3n) is 4.22. The zero-order valence-corrected chi connectivity index (χ0v) is 13.3. The lowest BCUT2D eigenvalue weighted by Crippen LogP contribution is -2.29. The van der Waals surface area contributed by atoms with Crippen LogP contribution in [0.5, 0.6) is 0 Å². The molecule has 118 valence electrons. The largest absolute Gasteiger partial charge is 0.258 e. The first kappa shape index (κ1) is 15.5. The molecule has 22 heavy (non-hydrogen) atoms. The summed E-state index contributed by atoms with van der Waals surface area (Å²) in [6, 6.07) is 3.76. The number of halogens is 2. The van der Waals surface area contributed by atoms with Crippen molar-refractivity contribution >= 4 is 22.6 Å². The normalized spacial score (nSPS) is 27.4. The van der Waals surface area contributed by atoms with Gasteiger partial charge in [-0.25, -0.2) is 8.78 Å². The van der Waals surface area contributed by atoms with Gasteiger partial charge in [-0.3, -0.25) is 10.4 Å². The van der Waals surface area contributed by atoms with E-state index in [4.69, 9.17) is 4.99 Å². The third kappa shape index (κ3) is 3.48. The van der Waals surface area contributed by atoms with Gasteiger partial charge in [-0.1, -0.05) is 31.5 Å². The van der Waals surface area contributed by atoms with Crippen molar-refractivity contribution < 1.29 is 8.78 Å². The highest BCUT2D eigenvalue weighted by atomic mass is 32.2. The Hall–Kier alpha value is -1.43. The van der Waals surface area contributed by atoms with E-state index < -0.39 is 11.6 Å². The highest BCUT2D eigenvalue weighted by Gasteiger charge is 2.23. The van der Waals surface area contributed by atoms with E-state index >= 15 is 0 Å². The molecule has 3 rings (SSSR count). The minimum atomic E-state index is -0.459. The number of nitrogens with zero attached hydrogens (tertiary/aromatic N) is 2. The van der Waals surface area contributed by atoms with Gasteiger partial charge in [0.1, 0.15) is 11.6 Å². The summed E-state index contributed by atoms with van der Waals surface area (Å²) in [6.45, 7) is 2.23. The molecule has 1 fully saturated rings. The fourth-order valence-corrected chi connectivity index (χ4v) is 3.69. The molecule has 2 aliphatic rings. The minimum absolute atomic E-state index is 0.213. The van der Waals surface area contributed by atoms with Crippen molar-refractivity contribution in [2.45, 2.75) is 38.6 Å². The second-order valence-electron chi connectivity index (χ2n) is 5.85. The van der Waals surface area contributed by atoms with Crippen LogP contribution in [-0.4, -0.2) is 22.7 Å². The molecule has 0 unspecified atom stereocenters. The molecular formula is C16H19F2N3S. The van der Waals surface area contributed by atoms with E-state index in [0.29, 0.717) is 23.4 Å². The lowest BCUT2D eigenvalue weighted by atomic mass is 9.86. The fourth-order valence-electron chi connectivity index (χ4n) is 2.88. The maximum absolute atomic E-state index is 13.8. The van der Waals surface area contributed by atoms with Crippen LogP contribution in [0.1, 0.15) is 38.2 Å². The van der Waals surface area contributed by atoms with Gasteiger partial charge in [0.05, 0.1) is 11.8 Å². The predicted octanol–water partition coefficient (Wildman–Crippen LogP) is 3.94. The van der Waals surface area contributed by atoms with Crippen LogP contribution in [-0.2, 0) is 0 Å². The molecule has 0 aromatic heterocycles. The van der Waals surface area contributed by atoms with Crippen molar-refractivity contribution in [2.24, 2.45) is 16.0 Å². The number of hydrazone groups is 1. The first-order valence-electron chi connectivity index (χ1n) is 7.62. The second-order valence-corrected chi connectivity index (χ2v) is 6.81. The van der Waals surface area contributed by atoms with Crippen molar-refractivity contribution in [2.75, 3.05) is 5.75 Å². The summed E-state index contributed by atoms with van der Waals surface area (Å²) in [7, 11) is 0. The number of amidine groups is 1. The van der Waals surface area contributed by atoms with Crippen molar-refractivity contribution in [3.63, 3.8) is 0 Å². The molecule has 0 bridgehead atoms. The van der Waals surface area contributed by atoms with Gasteiger partial charge in [-0.05, 0) is 37.0 Å². The van der Waals surface area contributed by atoms with Gasteiger partial charge in [0.15, 0.2) is 5.17 Å². The van der Waals surface area contributed by atoms with Crippen LogP contribution < -0.4 is 5.43 Å². The molecule has 2 atom stereocenters. The predicted molar refractivity (Wildman–Crippen MR) is 87.3 cm³/mol. The standard InChI is InChI=1S/C16H19F2N3S/c1-10-4-2-3-5-14(10)19-16-21-20-15(9-22-16)12-8-11(17)6-7-13(12)18/h6-8,10,14H,2-5,9H2,1H3,(H,19,21)/t10-,14+/m1/s1. The molecule has 1 aliphatic heterocycles. The Morgan fingerprint density at radius 3 is 2.82 bits per heavy atom. The van der Waals surface area contributed by atoms with Gasteiger partial charge in [-0.15, -0.1) is 0 Å². The third-order valence-corrected chi connectivity index (χ3v) is 5.11. The first-order chi connectivity index (χ1) is 10.6. The van der Waals surface area contributed by atoms with Crippen LogP contribution in [0.3, 0.4) is 0 Å². The van der Waals surface area contributed by atoms with Gasteiger partial charge in [0.2, 0.25) is 0 Å². The SMILES string of the molecule is C[C@@H]1CCCC[C@@H]1N=C1NN=C(c2cc(F)ccc2F)CS1. The number of hydrogen-bond donors (Lipinski definition) is 1. The number of aliphatic imine (C=N–C) groups is 1. The van der Waals surface area contributed by atoms with Crippen LogP contribution in [0.2, 0.25) is 0 Å². The molecule has 1 aromatic carbocycles. The van der Waals surface area contributed by atoms with E-state index in [0.717, 1.165) is 23.7 Å². The molecule has 1 aliphatic carbocycles. The number of benzene rings is 1. The molecule has 0 radical (unpaired) electrons. The summed E-state index contributed by atoms with van der Waals surface area (Å²) in [5, 5.41) is 4.96. The van der Waals surface area contributed by atoms with Gasteiger partial charge in [0.25, 0.3) is 0 Å². The van der Waals surface area contributed by atoms with Gasteiger partial charge in [-0.2, -0.15) is 5.10 Å². The lowest BCUT2D eigenvalue weighted by Gasteiger charge is -2.26. The highest BCUT2D eigenvalue weighted by molar-refractivity contribution is 8.14. The second kappa shape index (κ2) is 6.77. The summed E-state index contributed by atoms with van der Waals surface area (Å²) < 4.78 is 27.0. The Bertz CT molecular complexity index is 615. The Labute approximate surface area is 133 Å². The number of nitrogens with one attached hydrogen (secondary N) is 1. The summed E-state index contributed by atoms with van der Waals surface area (Å²) >= 11 is 1.50. The molecule has 1 saturated carbocycles. The van der Waals surface area contributed by atoms with Crippen molar-refractivity contribution in [1.29, 1.82) is 0 Å². The van der Waals surface area contributed by atoms with Crippen molar-refractivity contribution in [1.82, 2.24) is 5.43 Å². The number of hydrogen-bond acceptors (Lipinski definition) is 3. The molecule has 1 heterocycles. The summed E-state index contributed by atoms with van der Waals surface area (Å²) in [5.74, 6) is 0.172. The summed E-state index contributed by atoms with van der Waals surface area (Å²) in [5.41, 5.74) is 3.62. The highest BCUT2D eigenvalue weighted by Crippen LogP contribution is 2.27. The van der Waals surface area contributed by atoms with Gasteiger partial charge in [0, 0.05) is 11.3 Å². The fraction of sp³-hybridized carbons (Fsp3) is 0.500. The number of rotatable bonds is 2. The topological polar surface area (TPSA) is 36.8 Å². The van der Waals surface area contributed by atoms with E-state index in [1.54, 1.807) is 0 Å². The van der Waals surface area contributed by atoms with Crippen LogP contribution in [0.4, 0.5) is 8.78 Å². The van der Waals surface area contributed by atoms with Crippen molar-refractivity contribution in [3.05, 3.63) is 35.4 Å². The van der Waals surface area contributed by atoms with Crippen molar-refractivity contribution in [3.8, 4) is 0 Å². The molecular weight excluding hydrogens is 304 g/mol. The zero-order valence-electron chi connectivity index (χ0n) is 12.5. The Balaban J connectivity index is 1.73. The van der Waals surface area contributed by atoms with Crippen LogP contribution in [0, 0.1) is 17.6 Å². The first-order valence-corrected chi connectivity index (χ1v) is 8.60. The average Bonchev–Trinajstić information content (AvgIpc) is 2.53. The van der Waals surface area contributed by atoms with Gasteiger partial charge >= 0.3 is 0 Å². The Morgan fingerprint density at radius 2 is 2.09 bits per heavy atom. The number of thioether (sulfide) groups is 1. The average molecular weight is 323 g/mol. The van der Waals surface area contributed by atoms with Crippen LogP contribution in [0.15, 0.2) is 28.3 Å². The lowest BCUT2D eigenvalue weighted by molar-refractivity contribution is 0.333. The molecule has 0 saturated heterocycles. The van der Waals surface area contributed by atoms with E-state index in [1.165, 1.54) is 37.1 Å². The molecule has 1 aromatic rings. The smallest absolute Gasteiger partial charge is 0.177 e.